The summed E-state index contributed by atoms with van der Waals surface area (Å²) in [7, 11) is 0. The standard InChI is InChI=1S/C20H20N2O4S/c1-12(20(25)26)27-17-5-3-2-4-16(17)19(24)22-15-10-8-14(9-11-15)21-18(23)13-6-7-13/h2-5,8-13H,6-7H2,1H3,(H,21,23)(H,22,24)(H,25,26). The molecule has 3 N–H and O–H groups in total. The first-order valence-electron chi connectivity index (χ1n) is 8.65. The molecule has 1 saturated carbocycles. The highest BCUT2D eigenvalue weighted by molar-refractivity contribution is 8.00. The normalized spacial score (nSPS) is 14.3. The van der Waals surface area contributed by atoms with Crippen LogP contribution < -0.4 is 10.6 Å². The van der Waals surface area contributed by atoms with Gasteiger partial charge in [-0.3, -0.25) is 14.4 Å². The van der Waals surface area contributed by atoms with Crippen molar-refractivity contribution in [1.29, 1.82) is 0 Å². The van der Waals surface area contributed by atoms with E-state index in [0.29, 0.717) is 21.8 Å². The lowest BCUT2D eigenvalue weighted by Crippen LogP contribution is -2.16. The van der Waals surface area contributed by atoms with Crippen molar-refractivity contribution in [3.8, 4) is 0 Å². The van der Waals surface area contributed by atoms with Crippen LogP contribution in [0.15, 0.2) is 53.4 Å². The van der Waals surface area contributed by atoms with E-state index in [9.17, 15) is 14.4 Å². The summed E-state index contributed by atoms with van der Waals surface area (Å²) in [5.74, 6) is -1.08. The van der Waals surface area contributed by atoms with Crippen molar-refractivity contribution in [3.05, 3.63) is 54.1 Å². The van der Waals surface area contributed by atoms with Gasteiger partial charge in [-0.05, 0) is 56.2 Å². The van der Waals surface area contributed by atoms with Crippen LogP contribution in [-0.4, -0.2) is 28.1 Å². The Morgan fingerprint density at radius 1 is 1.00 bits per heavy atom. The highest BCUT2D eigenvalue weighted by Crippen LogP contribution is 2.30. The molecule has 1 fully saturated rings. The van der Waals surface area contributed by atoms with E-state index in [-0.39, 0.29) is 17.7 Å². The summed E-state index contributed by atoms with van der Waals surface area (Å²) in [4.78, 5) is 36.1. The summed E-state index contributed by atoms with van der Waals surface area (Å²) in [6.45, 7) is 1.58. The molecule has 0 bridgehead atoms. The number of carboxylic acids is 1. The van der Waals surface area contributed by atoms with Gasteiger partial charge in [-0.2, -0.15) is 0 Å². The third-order valence-electron chi connectivity index (χ3n) is 4.14. The number of benzene rings is 2. The van der Waals surface area contributed by atoms with Gasteiger partial charge < -0.3 is 15.7 Å². The summed E-state index contributed by atoms with van der Waals surface area (Å²) in [6, 6.07) is 13.8. The minimum Gasteiger partial charge on any atom is -0.480 e. The molecule has 0 aliphatic heterocycles. The molecule has 2 aromatic carbocycles. The van der Waals surface area contributed by atoms with Crippen molar-refractivity contribution >= 4 is 40.9 Å². The number of thioether (sulfide) groups is 1. The van der Waals surface area contributed by atoms with Gasteiger partial charge in [-0.15, -0.1) is 11.8 Å². The molecule has 0 heterocycles. The molecule has 1 aliphatic rings. The maximum atomic E-state index is 12.6. The molecule has 2 aromatic rings. The molecule has 6 nitrogen and oxygen atoms in total. The van der Waals surface area contributed by atoms with E-state index in [1.54, 1.807) is 55.5 Å². The number of rotatable bonds is 7. The second-order valence-corrected chi connectivity index (χ2v) is 7.77. The largest absolute Gasteiger partial charge is 0.480 e. The molecule has 3 rings (SSSR count). The average Bonchev–Trinajstić information content (AvgIpc) is 3.49. The third kappa shape index (κ3) is 5.10. The molecule has 140 valence electrons. The van der Waals surface area contributed by atoms with Crippen molar-refractivity contribution in [3.63, 3.8) is 0 Å². The van der Waals surface area contributed by atoms with Gasteiger partial charge in [0.2, 0.25) is 5.91 Å². The van der Waals surface area contributed by atoms with E-state index in [4.69, 9.17) is 5.11 Å². The lowest BCUT2D eigenvalue weighted by atomic mass is 10.2. The smallest absolute Gasteiger partial charge is 0.316 e. The van der Waals surface area contributed by atoms with Crippen LogP contribution in [0, 0.1) is 5.92 Å². The molecule has 0 aromatic heterocycles. The SMILES string of the molecule is CC(Sc1ccccc1C(=O)Nc1ccc(NC(=O)C2CC2)cc1)C(=O)O. The Kier molecular flexibility index (Phi) is 5.81. The van der Waals surface area contributed by atoms with Gasteiger partial charge in [0.25, 0.3) is 5.91 Å². The molecule has 7 heteroatoms. The summed E-state index contributed by atoms with van der Waals surface area (Å²) in [6.07, 6.45) is 1.88. The lowest BCUT2D eigenvalue weighted by molar-refractivity contribution is -0.136. The molecular formula is C20H20N2O4S. The molecule has 1 aliphatic carbocycles. The van der Waals surface area contributed by atoms with Crippen molar-refractivity contribution in [1.82, 2.24) is 0 Å². The van der Waals surface area contributed by atoms with E-state index in [1.807, 2.05) is 0 Å². The van der Waals surface area contributed by atoms with Crippen LogP contribution in [0.3, 0.4) is 0 Å². The van der Waals surface area contributed by atoms with E-state index in [2.05, 4.69) is 10.6 Å². The molecule has 0 spiro atoms. The van der Waals surface area contributed by atoms with Crippen LogP contribution in [0.25, 0.3) is 0 Å². The van der Waals surface area contributed by atoms with E-state index >= 15 is 0 Å². The monoisotopic (exact) mass is 384 g/mol. The Morgan fingerprint density at radius 2 is 1.59 bits per heavy atom. The fourth-order valence-corrected chi connectivity index (χ4v) is 3.35. The highest BCUT2D eigenvalue weighted by atomic mass is 32.2. The van der Waals surface area contributed by atoms with Gasteiger partial charge >= 0.3 is 5.97 Å². The van der Waals surface area contributed by atoms with Crippen LogP contribution in [0.4, 0.5) is 11.4 Å². The van der Waals surface area contributed by atoms with Crippen molar-refractivity contribution < 1.29 is 19.5 Å². The second kappa shape index (κ2) is 8.26. The number of hydrogen-bond acceptors (Lipinski definition) is 4. The fraction of sp³-hybridized carbons (Fsp3) is 0.250. The topological polar surface area (TPSA) is 95.5 Å². The van der Waals surface area contributed by atoms with E-state index < -0.39 is 11.2 Å². The minimum atomic E-state index is -0.931. The number of aliphatic carboxylic acids is 1. The number of anilines is 2. The average molecular weight is 384 g/mol. The van der Waals surface area contributed by atoms with Gasteiger partial charge in [-0.1, -0.05) is 12.1 Å². The molecule has 2 amide bonds. The maximum absolute atomic E-state index is 12.6. The molecule has 1 atom stereocenters. The third-order valence-corrected chi connectivity index (χ3v) is 5.31. The zero-order valence-corrected chi connectivity index (χ0v) is 15.6. The van der Waals surface area contributed by atoms with Crippen LogP contribution >= 0.6 is 11.8 Å². The number of carboxylic acid groups (broad SMARTS) is 1. The summed E-state index contributed by atoms with van der Waals surface area (Å²) < 4.78 is 0. The summed E-state index contributed by atoms with van der Waals surface area (Å²) >= 11 is 1.13. The van der Waals surface area contributed by atoms with Crippen LogP contribution in [0.1, 0.15) is 30.1 Å². The zero-order chi connectivity index (χ0) is 19.4. The Bertz CT molecular complexity index is 863. The Balaban J connectivity index is 1.66. The summed E-state index contributed by atoms with van der Waals surface area (Å²) in [5, 5.41) is 14.1. The fourth-order valence-electron chi connectivity index (χ4n) is 2.42. The molecule has 1 unspecified atom stereocenters. The first-order valence-corrected chi connectivity index (χ1v) is 9.53. The molecule has 0 saturated heterocycles. The Morgan fingerprint density at radius 3 is 2.19 bits per heavy atom. The van der Waals surface area contributed by atoms with Gasteiger partial charge in [0.05, 0.1) is 5.56 Å². The van der Waals surface area contributed by atoms with Crippen molar-refractivity contribution in [2.24, 2.45) is 5.92 Å². The first-order chi connectivity index (χ1) is 12.9. The van der Waals surface area contributed by atoms with Crippen LogP contribution in [-0.2, 0) is 9.59 Å². The first kappa shape index (κ1) is 19.0. The van der Waals surface area contributed by atoms with Crippen molar-refractivity contribution in [2.75, 3.05) is 10.6 Å². The minimum absolute atomic E-state index is 0.0327. The summed E-state index contributed by atoms with van der Waals surface area (Å²) in [5.41, 5.74) is 1.70. The van der Waals surface area contributed by atoms with E-state index in [0.717, 1.165) is 24.6 Å². The van der Waals surface area contributed by atoms with Gasteiger partial charge in [0.15, 0.2) is 0 Å². The number of carbonyl (C=O) groups is 3. The van der Waals surface area contributed by atoms with Crippen LogP contribution in [0.5, 0.6) is 0 Å². The predicted molar refractivity (Wildman–Crippen MR) is 105 cm³/mol. The quantitative estimate of drug-likeness (QED) is 0.630. The number of nitrogens with one attached hydrogen (secondary N) is 2. The lowest BCUT2D eigenvalue weighted by Gasteiger charge is -2.12. The number of carbonyl (C=O) groups excluding carboxylic acids is 2. The number of amides is 2. The van der Waals surface area contributed by atoms with Crippen LogP contribution in [0.2, 0.25) is 0 Å². The molecule has 27 heavy (non-hydrogen) atoms. The van der Waals surface area contributed by atoms with Gasteiger partial charge in [0, 0.05) is 22.2 Å². The van der Waals surface area contributed by atoms with Crippen molar-refractivity contribution in [2.45, 2.75) is 29.9 Å². The Hall–Kier alpha value is -2.80. The second-order valence-electron chi connectivity index (χ2n) is 6.39. The predicted octanol–water partition coefficient (Wildman–Crippen LogP) is 3.85. The zero-order valence-electron chi connectivity index (χ0n) is 14.8. The van der Waals surface area contributed by atoms with Gasteiger partial charge in [0.1, 0.15) is 5.25 Å². The molecular weight excluding hydrogens is 364 g/mol. The Labute approximate surface area is 161 Å². The highest BCUT2D eigenvalue weighted by Gasteiger charge is 2.29. The van der Waals surface area contributed by atoms with Gasteiger partial charge in [-0.25, -0.2) is 0 Å². The maximum Gasteiger partial charge on any atom is 0.316 e. The number of hydrogen-bond donors (Lipinski definition) is 3. The molecule has 0 radical (unpaired) electrons. The van der Waals surface area contributed by atoms with E-state index in [1.165, 1.54) is 0 Å².